The van der Waals surface area contributed by atoms with E-state index in [0.29, 0.717) is 17.8 Å². The lowest BCUT2D eigenvalue weighted by Crippen LogP contribution is -2.46. The summed E-state index contributed by atoms with van der Waals surface area (Å²) < 4.78 is 0. The molecular weight excluding hydrogens is 254 g/mol. The highest BCUT2D eigenvalue weighted by Gasteiger charge is 2.17. The Bertz CT molecular complexity index is 494. The molecule has 0 aromatic heterocycles. The number of carbonyl (C=O) groups is 2. The lowest BCUT2D eigenvalue weighted by Gasteiger charge is -2.31. The molecule has 1 amide bonds. The van der Waals surface area contributed by atoms with Crippen molar-refractivity contribution in [2.75, 3.05) is 45.1 Å². The van der Waals surface area contributed by atoms with Gasteiger partial charge in [0.1, 0.15) is 0 Å². The van der Waals surface area contributed by atoms with Crippen LogP contribution in [0.3, 0.4) is 0 Å². The first-order valence-electron chi connectivity index (χ1n) is 6.86. The van der Waals surface area contributed by atoms with Crippen LogP contribution < -0.4 is 5.32 Å². The van der Waals surface area contributed by atoms with E-state index in [9.17, 15) is 9.59 Å². The van der Waals surface area contributed by atoms with Crippen LogP contribution in [0, 0.1) is 0 Å². The fraction of sp³-hybridized carbons (Fsp3) is 0.467. The third kappa shape index (κ3) is 4.15. The molecular formula is C15H21N3O2. The fourth-order valence-electron chi connectivity index (χ4n) is 2.27. The van der Waals surface area contributed by atoms with Gasteiger partial charge in [-0.1, -0.05) is 12.1 Å². The topological polar surface area (TPSA) is 52.7 Å². The summed E-state index contributed by atoms with van der Waals surface area (Å²) >= 11 is 0. The van der Waals surface area contributed by atoms with Crippen LogP contribution in [0.25, 0.3) is 0 Å². The Morgan fingerprint density at radius 2 is 1.90 bits per heavy atom. The number of ketones is 1. The van der Waals surface area contributed by atoms with E-state index in [0.717, 1.165) is 26.2 Å². The smallest absolute Gasteiger partial charge is 0.221 e. The molecule has 0 unspecified atom stereocenters. The summed E-state index contributed by atoms with van der Waals surface area (Å²) in [4.78, 5) is 27.7. The summed E-state index contributed by atoms with van der Waals surface area (Å²) in [5.74, 6) is -0.0320. The molecule has 5 heteroatoms. The number of rotatable bonds is 4. The minimum Gasteiger partial charge on any atom is -0.326 e. The quantitative estimate of drug-likeness (QED) is 0.835. The van der Waals surface area contributed by atoms with Gasteiger partial charge in [-0.3, -0.25) is 14.5 Å². The SMILES string of the molecule is CC(=O)Nc1cccc(C(=O)CN2CCN(C)CC2)c1. The Morgan fingerprint density at radius 3 is 2.55 bits per heavy atom. The highest BCUT2D eigenvalue weighted by molar-refractivity contribution is 5.99. The normalized spacial score (nSPS) is 16.9. The van der Waals surface area contributed by atoms with E-state index in [-0.39, 0.29) is 11.7 Å². The van der Waals surface area contributed by atoms with Crippen molar-refractivity contribution in [2.24, 2.45) is 0 Å². The van der Waals surface area contributed by atoms with Crippen molar-refractivity contribution >= 4 is 17.4 Å². The van der Waals surface area contributed by atoms with E-state index in [4.69, 9.17) is 0 Å². The van der Waals surface area contributed by atoms with Gasteiger partial charge in [0.2, 0.25) is 5.91 Å². The van der Waals surface area contributed by atoms with E-state index >= 15 is 0 Å². The van der Waals surface area contributed by atoms with Gasteiger partial charge in [-0.15, -0.1) is 0 Å². The van der Waals surface area contributed by atoms with Crippen molar-refractivity contribution < 1.29 is 9.59 Å². The molecule has 2 rings (SSSR count). The van der Waals surface area contributed by atoms with Gasteiger partial charge in [0.15, 0.2) is 5.78 Å². The molecule has 0 aliphatic carbocycles. The van der Waals surface area contributed by atoms with Crippen molar-refractivity contribution in [1.29, 1.82) is 0 Å². The van der Waals surface area contributed by atoms with Crippen LogP contribution in [-0.2, 0) is 4.79 Å². The number of nitrogens with zero attached hydrogens (tertiary/aromatic N) is 2. The molecule has 0 bridgehead atoms. The lowest BCUT2D eigenvalue weighted by molar-refractivity contribution is -0.114. The Morgan fingerprint density at radius 1 is 1.20 bits per heavy atom. The molecule has 1 aromatic carbocycles. The van der Waals surface area contributed by atoms with Gasteiger partial charge in [-0.05, 0) is 19.2 Å². The third-order valence-electron chi connectivity index (χ3n) is 3.47. The zero-order chi connectivity index (χ0) is 14.5. The molecule has 5 nitrogen and oxygen atoms in total. The zero-order valence-electron chi connectivity index (χ0n) is 12.1. The standard InChI is InChI=1S/C15H21N3O2/c1-12(19)16-14-5-3-4-13(10-14)15(20)11-18-8-6-17(2)7-9-18/h3-5,10H,6-9,11H2,1-2H3,(H,16,19). The van der Waals surface area contributed by atoms with Crippen LogP contribution in [0.15, 0.2) is 24.3 Å². The Hall–Kier alpha value is -1.72. The number of likely N-dealkylation sites (N-methyl/N-ethyl adjacent to an activating group) is 1. The summed E-state index contributed by atoms with van der Waals surface area (Å²) in [7, 11) is 2.09. The average Bonchev–Trinajstić information content (AvgIpc) is 2.41. The van der Waals surface area contributed by atoms with Gasteiger partial charge in [0.25, 0.3) is 0 Å². The molecule has 0 spiro atoms. The van der Waals surface area contributed by atoms with E-state index < -0.39 is 0 Å². The van der Waals surface area contributed by atoms with E-state index in [2.05, 4.69) is 22.2 Å². The monoisotopic (exact) mass is 275 g/mol. The zero-order valence-corrected chi connectivity index (χ0v) is 12.1. The van der Waals surface area contributed by atoms with Gasteiger partial charge in [0.05, 0.1) is 6.54 Å². The number of carbonyl (C=O) groups excluding carboxylic acids is 2. The summed E-state index contributed by atoms with van der Waals surface area (Å²) in [6.07, 6.45) is 0. The first kappa shape index (κ1) is 14.7. The maximum atomic E-state index is 12.3. The minimum absolute atomic E-state index is 0.0988. The molecule has 1 aliphatic rings. The number of nitrogens with one attached hydrogen (secondary N) is 1. The Labute approximate surface area is 119 Å². The second-order valence-corrected chi connectivity index (χ2v) is 5.26. The molecule has 108 valence electrons. The van der Waals surface area contributed by atoms with Crippen LogP contribution in [0.2, 0.25) is 0 Å². The van der Waals surface area contributed by atoms with Gasteiger partial charge in [0, 0.05) is 44.4 Å². The van der Waals surface area contributed by atoms with Gasteiger partial charge < -0.3 is 10.2 Å². The molecule has 20 heavy (non-hydrogen) atoms. The van der Waals surface area contributed by atoms with E-state index in [1.807, 2.05) is 0 Å². The number of piperazine rings is 1. The van der Waals surface area contributed by atoms with Crippen molar-refractivity contribution in [3.8, 4) is 0 Å². The molecule has 1 fully saturated rings. The minimum atomic E-state index is -0.131. The number of amides is 1. The van der Waals surface area contributed by atoms with Crippen LogP contribution >= 0.6 is 0 Å². The number of Topliss-reactive ketones (excluding diaryl/α,β-unsaturated/α-hetero) is 1. The molecule has 1 heterocycles. The number of benzene rings is 1. The molecule has 1 saturated heterocycles. The summed E-state index contributed by atoms with van der Waals surface area (Å²) in [5, 5.41) is 2.70. The maximum Gasteiger partial charge on any atom is 0.221 e. The van der Waals surface area contributed by atoms with Crippen LogP contribution in [-0.4, -0.2) is 61.3 Å². The van der Waals surface area contributed by atoms with Crippen molar-refractivity contribution in [3.05, 3.63) is 29.8 Å². The lowest BCUT2D eigenvalue weighted by atomic mass is 10.1. The van der Waals surface area contributed by atoms with Crippen molar-refractivity contribution in [3.63, 3.8) is 0 Å². The van der Waals surface area contributed by atoms with Gasteiger partial charge in [-0.25, -0.2) is 0 Å². The number of anilines is 1. The molecule has 1 N–H and O–H groups in total. The predicted molar refractivity (Wildman–Crippen MR) is 79.0 cm³/mol. The molecule has 1 aromatic rings. The van der Waals surface area contributed by atoms with Crippen molar-refractivity contribution in [1.82, 2.24) is 9.80 Å². The molecule has 0 radical (unpaired) electrons. The number of hydrogen-bond donors (Lipinski definition) is 1. The first-order valence-corrected chi connectivity index (χ1v) is 6.86. The predicted octanol–water partition coefficient (Wildman–Crippen LogP) is 1.08. The summed E-state index contributed by atoms with van der Waals surface area (Å²) in [6.45, 7) is 5.75. The maximum absolute atomic E-state index is 12.3. The fourth-order valence-corrected chi connectivity index (χ4v) is 2.27. The number of hydrogen-bond acceptors (Lipinski definition) is 4. The van der Waals surface area contributed by atoms with E-state index in [1.54, 1.807) is 24.3 Å². The highest BCUT2D eigenvalue weighted by Crippen LogP contribution is 2.12. The van der Waals surface area contributed by atoms with E-state index in [1.165, 1.54) is 6.92 Å². The van der Waals surface area contributed by atoms with Gasteiger partial charge >= 0.3 is 0 Å². The average molecular weight is 275 g/mol. The second kappa shape index (κ2) is 6.63. The molecule has 0 saturated carbocycles. The third-order valence-corrected chi connectivity index (χ3v) is 3.47. The Kier molecular flexibility index (Phi) is 4.87. The Balaban J connectivity index is 1.96. The van der Waals surface area contributed by atoms with Crippen LogP contribution in [0.4, 0.5) is 5.69 Å². The summed E-state index contributed by atoms with van der Waals surface area (Å²) in [5.41, 5.74) is 1.32. The second-order valence-electron chi connectivity index (χ2n) is 5.26. The largest absolute Gasteiger partial charge is 0.326 e. The van der Waals surface area contributed by atoms with Crippen molar-refractivity contribution in [2.45, 2.75) is 6.92 Å². The van der Waals surface area contributed by atoms with Crippen LogP contribution in [0.1, 0.15) is 17.3 Å². The van der Waals surface area contributed by atoms with Gasteiger partial charge in [-0.2, -0.15) is 0 Å². The highest BCUT2D eigenvalue weighted by atomic mass is 16.1. The summed E-state index contributed by atoms with van der Waals surface area (Å²) in [6, 6.07) is 7.11. The van der Waals surface area contributed by atoms with Crippen LogP contribution in [0.5, 0.6) is 0 Å². The first-order chi connectivity index (χ1) is 9.54. The molecule has 0 atom stereocenters. The molecule has 1 aliphatic heterocycles.